The number of nitrogens with zero attached hydrogens (tertiary/aromatic N) is 2. The quantitative estimate of drug-likeness (QED) is 0.126. The van der Waals surface area contributed by atoms with Gasteiger partial charge in [-0.15, -0.1) is 0 Å². The predicted octanol–water partition coefficient (Wildman–Crippen LogP) is 7.11. The number of aromatic nitrogens is 3. The number of rotatable bonds is 4. The minimum Gasteiger partial charge on any atom is -0.469 e. The normalized spacial score (nSPS) is 22.2. The van der Waals surface area contributed by atoms with E-state index < -0.39 is 41.6 Å². The van der Waals surface area contributed by atoms with Crippen LogP contribution < -0.4 is 20.7 Å². The first-order valence-electron chi connectivity index (χ1n) is 17.9. The lowest BCUT2D eigenvalue weighted by Gasteiger charge is -2.29. The zero-order chi connectivity index (χ0) is 37.4. The smallest absolute Gasteiger partial charge is 0.250 e. The summed E-state index contributed by atoms with van der Waals surface area (Å²) in [6, 6.07) is 16.0. The first-order valence-corrected chi connectivity index (χ1v) is 18.7. The molecule has 7 heterocycles. The zero-order valence-electron chi connectivity index (χ0n) is 29.5. The number of ether oxygens (including phenoxy) is 1. The van der Waals surface area contributed by atoms with E-state index in [0.717, 1.165) is 44.4 Å². The average Bonchev–Trinajstić information content (AvgIpc) is 3.94. The van der Waals surface area contributed by atoms with E-state index in [4.69, 9.17) is 46.7 Å². The number of carbonyl (C=O) groups is 2. The number of H-pyrrole nitrogens is 1. The summed E-state index contributed by atoms with van der Waals surface area (Å²) >= 11 is 13.9. The number of hydrogen-bond acceptors (Lipinski definition) is 9. The van der Waals surface area contributed by atoms with E-state index in [2.05, 4.69) is 27.0 Å². The van der Waals surface area contributed by atoms with Crippen LogP contribution in [0.1, 0.15) is 62.1 Å². The number of fused-ring (bicyclic) bond motifs is 7. The van der Waals surface area contributed by atoms with Gasteiger partial charge in [-0.3, -0.25) is 9.59 Å². The highest BCUT2D eigenvalue weighted by atomic mass is 35.5. The molecule has 5 atom stereocenters. The van der Waals surface area contributed by atoms with E-state index in [0.29, 0.717) is 22.2 Å². The Labute approximate surface area is 318 Å². The molecule has 10 bridgehead atoms. The van der Waals surface area contributed by atoms with Crippen LogP contribution in [0.2, 0.25) is 10.3 Å². The Bertz CT molecular complexity index is 2590. The molecule has 274 valence electrons. The molecule has 10 rings (SSSR count). The molecule has 6 aromatic rings. The van der Waals surface area contributed by atoms with E-state index in [1.165, 1.54) is 0 Å². The first kappa shape index (κ1) is 33.3. The highest BCUT2D eigenvalue weighted by molar-refractivity contribution is 6.37. The summed E-state index contributed by atoms with van der Waals surface area (Å²) in [4.78, 5) is 40.5. The first-order chi connectivity index (χ1) is 25.9. The van der Waals surface area contributed by atoms with E-state index >= 15 is 0 Å². The number of benzene rings is 3. The number of hydrogen-bond donors (Lipinski definition) is 5. The Morgan fingerprint density at radius 2 is 1.80 bits per heavy atom. The number of aliphatic hydroxyl groups is 1. The summed E-state index contributed by atoms with van der Waals surface area (Å²) in [5.74, 6) is -0.0970. The Balaban J connectivity index is 1.30. The van der Waals surface area contributed by atoms with Crippen LogP contribution in [-0.2, 0) is 21.4 Å². The molecule has 2 unspecified atom stereocenters. The maximum atomic E-state index is 14.2. The fraction of sp³-hybridized carbons (Fsp3) is 0.300. The van der Waals surface area contributed by atoms with Gasteiger partial charge in [0.1, 0.15) is 34.5 Å². The Morgan fingerprint density at radius 3 is 2.59 bits per heavy atom. The molecule has 5 N–H and O–H groups in total. The third kappa shape index (κ3) is 4.47. The second-order valence-electron chi connectivity index (χ2n) is 15.1. The Hall–Kier alpha value is -5.30. The predicted molar refractivity (Wildman–Crippen MR) is 201 cm³/mol. The number of carbonyl (C=O) groups excluding carboxylic acids is 2. The minimum atomic E-state index is -1.30. The molecule has 1 spiro atoms. The topological polar surface area (TPSA) is 168 Å². The van der Waals surface area contributed by atoms with Gasteiger partial charge >= 0.3 is 0 Å². The second kappa shape index (κ2) is 11.6. The van der Waals surface area contributed by atoms with Crippen molar-refractivity contribution in [2.24, 2.45) is 11.8 Å². The number of nitrogens with one attached hydrogen (secondary N) is 4. The largest absolute Gasteiger partial charge is 0.469 e. The van der Waals surface area contributed by atoms with Gasteiger partial charge < -0.3 is 39.6 Å². The van der Waals surface area contributed by atoms with Gasteiger partial charge in [0, 0.05) is 39.7 Å². The van der Waals surface area contributed by atoms with Gasteiger partial charge in [-0.05, 0) is 35.1 Å². The number of oxazole rings is 2. The van der Waals surface area contributed by atoms with Gasteiger partial charge in [-0.25, -0.2) is 4.98 Å². The minimum absolute atomic E-state index is 0.0872. The number of amides is 2. The molecule has 4 aliphatic rings. The maximum Gasteiger partial charge on any atom is 0.250 e. The van der Waals surface area contributed by atoms with Crippen molar-refractivity contribution in [1.29, 1.82) is 0 Å². The molecule has 0 radical (unpaired) electrons. The van der Waals surface area contributed by atoms with Crippen LogP contribution in [0.4, 0.5) is 5.69 Å². The van der Waals surface area contributed by atoms with Crippen molar-refractivity contribution in [3.63, 3.8) is 0 Å². The third-order valence-electron chi connectivity index (χ3n) is 11.2. The number of aliphatic hydroxyl groups excluding tert-OH is 1. The van der Waals surface area contributed by atoms with Gasteiger partial charge in [0.25, 0.3) is 5.89 Å². The van der Waals surface area contributed by atoms with E-state index in [1.807, 2.05) is 62.4 Å². The van der Waals surface area contributed by atoms with E-state index in [9.17, 15) is 14.7 Å². The molecular formula is C40H34Cl2N6O6. The standard InChI is InChI=1S/C40H34Cl2N6O6/c1-15(2)27-37-46-29-32(54-37)40-20-9-5-8-19(18-7-6-10-22-25(18)26(33(41)43-22)31-34(42)48-38(29)53-31)28(20)47-39(40)52-24-12-11-17(13-21(24)40)14-23(35(50)45-27)44-36(51)30(49)16(3)4/h5-13,15-16,23,27,30,39,43,47,49H,14H2,1-4H3,(H,44,51)(H,45,50)/t23-,27-,30-,39?,40?/m0/s1. The van der Waals surface area contributed by atoms with E-state index in [1.54, 1.807) is 13.8 Å². The van der Waals surface area contributed by atoms with Crippen molar-refractivity contribution in [3.8, 4) is 39.8 Å². The molecule has 0 saturated carbocycles. The molecule has 14 heteroatoms. The van der Waals surface area contributed by atoms with Crippen LogP contribution >= 0.6 is 23.2 Å². The molecule has 3 aromatic heterocycles. The van der Waals surface area contributed by atoms with E-state index in [-0.39, 0.29) is 46.6 Å². The van der Waals surface area contributed by atoms with Crippen LogP contribution in [0.25, 0.3) is 44.9 Å². The fourth-order valence-corrected chi connectivity index (χ4v) is 9.01. The summed E-state index contributed by atoms with van der Waals surface area (Å²) in [7, 11) is 0. The number of anilines is 1. The maximum absolute atomic E-state index is 14.2. The van der Waals surface area contributed by atoms with Gasteiger partial charge in [0.2, 0.25) is 17.7 Å². The SMILES string of the molecule is CC(C)[C@H](O)C(=O)N[C@H]1Cc2ccc3c(c2)C24c5cccc(c5NC2O3)-c2cccc3[nH]c(Cl)c(c23)-c2oc(nc2Cl)-c2nc(oc24)[C@H](C(C)C)NC1=O. The highest BCUT2D eigenvalue weighted by Crippen LogP contribution is 2.62. The summed E-state index contributed by atoms with van der Waals surface area (Å²) in [6.07, 6.45) is -1.87. The molecule has 3 aromatic carbocycles. The van der Waals surface area contributed by atoms with Crippen molar-refractivity contribution in [2.45, 2.75) is 63.9 Å². The van der Waals surface area contributed by atoms with Crippen molar-refractivity contribution >= 4 is 51.6 Å². The Morgan fingerprint density at radius 1 is 1.00 bits per heavy atom. The molecule has 2 amide bonds. The summed E-state index contributed by atoms with van der Waals surface area (Å²) < 4.78 is 20.4. The second-order valence-corrected chi connectivity index (χ2v) is 15.8. The molecule has 54 heavy (non-hydrogen) atoms. The van der Waals surface area contributed by atoms with Crippen molar-refractivity contribution in [3.05, 3.63) is 93.2 Å². The average molecular weight is 766 g/mol. The van der Waals surface area contributed by atoms with Gasteiger partial charge in [-0.1, -0.05) is 93.4 Å². The van der Waals surface area contributed by atoms with Crippen molar-refractivity contribution in [1.82, 2.24) is 25.6 Å². The molecule has 4 aliphatic heterocycles. The highest BCUT2D eigenvalue weighted by Gasteiger charge is 2.61. The molecule has 12 nitrogen and oxygen atoms in total. The van der Waals surface area contributed by atoms with Crippen LogP contribution in [0.15, 0.2) is 63.4 Å². The lowest BCUT2D eigenvalue weighted by molar-refractivity contribution is -0.135. The number of halogens is 2. The van der Waals surface area contributed by atoms with Crippen LogP contribution in [-0.4, -0.2) is 50.2 Å². The monoisotopic (exact) mass is 764 g/mol. The van der Waals surface area contributed by atoms with Crippen LogP contribution in [0, 0.1) is 11.8 Å². The van der Waals surface area contributed by atoms with Crippen LogP contribution in [0.3, 0.4) is 0 Å². The number of aromatic amines is 1. The number of para-hydroxylation sites is 1. The zero-order valence-corrected chi connectivity index (χ0v) is 31.0. The molecular weight excluding hydrogens is 731 g/mol. The lowest BCUT2D eigenvalue weighted by Crippen LogP contribution is -2.52. The third-order valence-corrected chi connectivity index (χ3v) is 11.7. The molecule has 0 saturated heterocycles. The van der Waals surface area contributed by atoms with Gasteiger partial charge in [0.15, 0.2) is 28.6 Å². The van der Waals surface area contributed by atoms with Crippen molar-refractivity contribution in [2.75, 3.05) is 5.32 Å². The van der Waals surface area contributed by atoms with Crippen LogP contribution in [0.5, 0.6) is 5.75 Å². The molecule has 0 aliphatic carbocycles. The summed E-state index contributed by atoms with van der Waals surface area (Å²) in [5, 5.41) is 21.5. The summed E-state index contributed by atoms with van der Waals surface area (Å²) in [6.45, 7) is 7.36. The summed E-state index contributed by atoms with van der Waals surface area (Å²) in [5.41, 5.74) is 5.49. The van der Waals surface area contributed by atoms with Crippen molar-refractivity contribution < 1.29 is 28.3 Å². The fourth-order valence-electron chi connectivity index (χ4n) is 8.52. The van der Waals surface area contributed by atoms with Gasteiger partial charge in [0.05, 0.1) is 5.56 Å². The van der Waals surface area contributed by atoms with Gasteiger partial charge in [-0.2, -0.15) is 4.98 Å². The molecule has 0 fully saturated rings. The Kier molecular flexibility index (Phi) is 7.15. The lowest BCUT2D eigenvalue weighted by atomic mass is 9.72.